The summed E-state index contributed by atoms with van der Waals surface area (Å²) in [6.07, 6.45) is -0.654. The molecule has 0 N–H and O–H groups in total. The smallest absolute Gasteiger partial charge is 0.410 e. The van der Waals surface area contributed by atoms with Crippen LogP contribution < -0.4 is 9.64 Å². The average Bonchev–Trinajstić information content (AvgIpc) is 2.74. The molecule has 28 heavy (non-hydrogen) atoms. The Morgan fingerprint density at radius 3 is 2.25 bits per heavy atom. The molecule has 1 heterocycles. The normalized spacial score (nSPS) is 17.9. The van der Waals surface area contributed by atoms with Crippen LogP contribution in [0.5, 0.6) is 5.75 Å². The topological polar surface area (TPSA) is 65.7 Å². The Kier molecular flexibility index (Phi) is 4.38. The van der Waals surface area contributed by atoms with Crippen LogP contribution in [-0.4, -0.2) is 17.5 Å². The van der Waals surface area contributed by atoms with Crippen molar-refractivity contribution in [1.82, 2.24) is 0 Å². The molecule has 0 aromatic heterocycles. The first-order valence-corrected chi connectivity index (χ1v) is 8.85. The molecule has 136 valence electrons. The lowest BCUT2D eigenvalue weighted by Gasteiger charge is -2.37. The van der Waals surface area contributed by atoms with E-state index in [0.717, 1.165) is 11.1 Å². The van der Waals surface area contributed by atoms with Crippen LogP contribution in [0, 0.1) is 11.3 Å². The van der Waals surface area contributed by atoms with Crippen LogP contribution in [0.25, 0.3) is 0 Å². The molecule has 4 rings (SSSR count). The van der Waals surface area contributed by atoms with Crippen molar-refractivity contribution in [1.29, 1.82) is 5.26 Å². The number of amides is 1. The fourth-order valence-electron chi connectivity index (χ4n) is 3.23. The minimum absolute atomic E-state index is 0.406. The number of benzene rings is 3. The monoisotopic (exact) mass is 367 g/mol. The third-order valence-electron chi connectivity index (χ3n) is 4.55. The molecular weight excluding hydrogens is 350 g/mol. The maximum Gasteiger partial charge on any atom is 0.422 e. The van der Waals surface area contributed by atoms with Crippen LogP contribution in [0.4, 0.5) is 10.5 Å². The summed E-state index contributed by atoms with van der Waals surface area (Å²) < 4.78 is 5.52. The lowest BCUT2D eigenvalue weighted by Crippen LogP contribution is -2.52. The van der Waals surface area contributed by atoms with Gasteiger partial charge in [-0.1, -0.05) is 66.7 Å². The van der Waals surface area contributed by atoms with Gasteiger partial charge in [0.25, 0.3) is 0 Å². The van der Waals surface area contributed by atoms with Crippen LogP contribution in [0.3, 0.4) is 0 Å². The van der Waals surface area contributed by atoms with E-state index in [2.05, 4.69) is 11.1 Å². The molecule has 0 aliphatic carbocycles. The Morgan fingerprint density at radius 2 is 1.57 bits per heavy atom. The molecule has 1 aliphatic rings. The molecule has 0 saturated heterocycles. The molecule has 3 aromatic rings. The van der Waals surface area contributed by atoms with Gasteiger partial charge in [0.05, 0.1) is 11.4 Å². The van der Waals surface area contributed by atoms with Gasteiger partial charge in [-0.05, 0) is 25.1 Å². The summed E-state index contributed by atoms with van der Waals surface area (Å²) in [5, 5.41) is 9.92. The Morgan fingerprint density at radius 1 is 0.964 bits per heavy atom. The van der Waals surface area contributed by atoms with Crippen molar-refractivity contribution in [2.45, 2.75) is 12.6 Å². The van der Waals surface area contributed by atoms with Crippen LogP contribution in [0.15, 0.2) is 89.9 Å². The number of carbonyl (C=O) groups excluding carboxylic acids is 1. The summed E-state index contributed by atoms with van der Waals surface area (Å²) in [6.45, 7) is 1.61. The van der Waals surface area contributed by atoms with Gasteiger partial charge in [-0.2, -0.15) is 5.26 Å². The summed E-state index contributed by atoms with van der Waals surface area (Å²) >= 11 is 0. The zero-order chi connectivity index (χ0) is 19.6. The van der Waals surface area contributed by atoms with Gasteiger partial charge in [-0.15, -0.1) is 0 Å². The minimum Gasteiger partial charge on any atom is -0.410 e. The fourth-order valence-corrected chi connectivity index (χ4v) is 3.23. The highest BCUT2D eigenvalue weighted by Gasteiger charge is 2.43. The van der Waals surface area contributed by atoms with Gasteiger partial charge in [0.15, 0.2) is 0 Å². The number of aliphatic imine (C=N–C) groups is 1. The van der Waals surface area contributed by atoms with Crippen molar-refractivity contribution in [3.05, 3.63) is 96.1 Å². The summed E-state index contributed by atoms with van der Waals surface area (Å²) in [4.78, 5) is 19.0. The first-order valence-electron chi connectivity index (χ1n) is 8.85. The minimum atomic E-state index is -1.44. The molecule has 0 spiro atoms. The summed E-state index contributed by atoms with van der Waals surface area (Å²) in [5.74, 6) is 0.406. The van der Waals surface area contributed by atoms with Gasteiger partial charge in [0.1, 0.15) is 11.8 Å². The number of rotatable bonds is 2. The maximum absolute atomic E-state index is 13.0. The highest BCUT2D eigenvalue weighted by Crippen LogP contribution is 2.36. The van der Waals surface area contributed by atoms with E-state index >= 15 is 0 Å². The maximum atomic E-state index is 13.0. The van der Waals surface area contributed by atoms with Crippen molar-refractivity contribution in [3.8, 4) is 11.8 Å². The predicted molar refractivity (Wildman–Crippen MR) is 107 cm³/mol. The van der Waals surface area contributed by atoms with Crippen LogP contribution in [0.1, 0.15) is 18.1 Å². The van der Waals surface area contributed by atoms with Crippen LogP contribution in [0.2, 0.25) is 0 Å². The van der Waals surface area contributed by atoms with Gasteiger partial charge in [0, 0.05) is 11.1 Å². The fraction of sp³-hybridized carbons (Fsp3) is 0.0870. The number of nitrogens with zero attached hydrogens (tertiary/aromatic N) is 3. The lowest BCUT2D eigenvalue weighted by atomic mass is 9.95. The van der Waals surface area contributed by atoms with Gasteiger partial charge < -0.3 is 4.74 Å². The quantitative estimate of drug-likeness (QED) is 0.654. The van der Waals surface area contributed by atoms with E-state index in [4.69, 9.17) is 4.74 Å². The van der Waals surface area contributed by atoms with Gasteiger partial charge in [-0.3, -0.25) is 0 Å². The highest BCUT2D eigenvalue weighted by atomic mass is 16.6. The lowest BCUT2D eigenvalue weighted by molar-refractivity contribution is 0.202. The molecule has 3 aromatic carbocycles. The van der Waals surface area contributed by atoms with Crippen LogP contribution in [-0.2, 0) is 0 Å². The van der Waals surface area contributed by atoms with E-state index in [1.807, 2.05) is 54.6 Å². The van der Waals surface area contributed by atoms with Crippen LogP contribution >= 0.6 is 0 Å². The standard InChI is InChI=1S/C23H17N3O2/c1-23(16-24)25-21(17-10-4-2-5-11-17)19-14-8-9-15-20(19)26(23)22(27)28-18-12-6-3-7-13-18/h2-15H,1H3. The zero-order valence-electron chi connectivity index (χ0n) is 15.2. The first-order chi connectivity index (χ1) is 13.6. The number of hydrogen-bond acceptors (Lipinski definition) is 4. The van der Waals surface area contributed by atoms with E-state index in [0.29, 0.717) is 17.1 Å². The first kappa shape index (κ1) is 17.5. The molecule has 5 nitrogen and oxygen atoms in total. The summed E-state index contributed by atoms with van der Waals surface area (Å²) in [6, 6.07) is 28.0. The second kappa shape index (κ2) is 7.01. The third-order valence-corrected chi connectivity index (χ3v) is 4.55. The van der Waals surface area contributed by atoms with Crippen molar-refractivity contribution in [3.63, 3.8) is 0 Å². The molecule has 5 heteroatoms. The number of carbonyl (C=O) groups is 1. The Hall–Kier alpha value is -3.91. The number of hydrogen-bond donors (Lipinski definition) is 0. The SMILES string of the molecule is CC1(C#N)N=C(c2ccccc2)c2ccccc2N1C(=O)Oc1ccccc1. The molecule has 0 radical (unpaired) electrons. The van der Waals surface area contributed by atoms with Gasteiger partial charge in [-0.25, -0.2) is 14.7 Å². The second-order valence-corrected chi connectivity index (χ2v) is 6.49. The van der Waals surface area contributed by atoms with Crippen molar-refractivity contribution in [2.24, 2.45) is 4.99 Å². The molecule has 0 saturated carbocycles. The molecular formula is C23H17N3O2. The van der Waals surface area contributed by atoms with E-state index < -0.39 is 11.8 Å². The van der Waals surface area contributed by atoms with E-state index in [9.17, 15) is 10.1 Å². The van der Waals surface area contributed by atoms with Gasteiger partial charge >= 0.3 is 6.09 Å². The molecule has 0 fully saturated rings. The Balaban J connectivity index is 1.83. The van der Waals surface area contributed by atoms with E-state index in [1.165, 1.54) is 4.90 Å². The van der Waals surface area contributed by atoms with Gasteiger partial charge in [0.2, 0.25) is 5.66 Å². The average molecular weight is 367 g/mol. The molecule has 1 unspecified atom stereocenters. The summed E-state index contributed by atoms with van der Waals surface area (Å²) in [5.41, 5.74) is 1.47. The highest BCUT2D eigenvalue weighted by molar-refractivity contribution is 6.19. The van der Waals surface area contributed by atoms with Crippen molar-refractivity contribution in [2.75, 3.05) is 4.90 Å². The number of nitriles is 1. The summed E-state index contributed by atoms with van der Waals surface area (Å²) in [7, 11) is 0. The third kappa shape index (κ3) is 3.01. The number of fused-ring (bicyclic) bond motifs is 1. The number of para-hydroxylation sites is 2. The second-order valence-electron chi connectivity index (χ2n) is 6.49. The number of anilines is 1. The Labute approximate surface area is 163 Å². The Bertz CT molecular complexity index is 1090. The molecule has 1 atom stereocenters. The van der Waals surface area contributed by atoms with Crippen molar-refractivity contribution >= 4 is 17.5 Å². The largest absolute Gasteiger partial charge is 0.422 e. The predicted octanol–water partition coefficient (Wildman–Crippen LogP) is 4.78. The number of ether oxygens (including phenoxy) is 1. The van der Waals surface area contributed by atoms with E-state index in [1.54, 1.807) is 37.3 Å². The zero-order valence-corrected chi connectivity index (χ0v) is 15.2. The van der Waals surface area contributed by atoms with Crippen molar-refractivity contribution < 1.29 is 9.53 Å². The molecule has 0 bridgehead atoms. The molecule has 1 aliphatic heterocycles. The van der Waals surface area contributed by atoms with E-state index in [-0.39, 0.29) is 0 Å². The molecule has 1 amide bonds.